The van der Waals surface area contributed by atoms with Crippen molar-refractivity contribution in [2.45, 2.75) is 12.8 Å². The molecule has 0 unspecified atom stereocenters. The maximum absolute atomic E-state index is 12.0. The van der Waals surface area contributed by atoms with Crippen molar-refractivity contribution in [2.24, 2.45) is 5.92 Å². The SMILES string of the molecule is CNC(=O)c1ccc(NC(=O)[C@@H]2CCCNC2)cc1. The molecule has 5 heteroatoms. The Bertz CT molecular complexity index is 450. The number of amides is 2. The van der Waals surface area contributed by atoms with Crippen LogP contribution in [0.3, 0.4) is 0 Å². The van der Waals surface area contributed by atoms with Crippen LogP contribution < -0.4 is 16.0 Å². The smallest absolute Gasteiger partial charge is 0.251 e. The lowest BCUT2D eigenvalue weighted by atomic mass is 9.99. The number of nitrogens with one attached hydrogen (secondary N) is 3. The maximum atomic E-state index is 12.0. The van der Waals surface area contributed by atoms with Gasteiger partial charge in [0.1, 0.15) is 0 Å². The van der Waals surface area contributed by atoms with Crippen LogP contribution in [-0.4, -0.2) is 32.0 Å². The van der Waals surface area contributed by atoms with Crippen LogP contribution in [0, 0.1) is 5.92 Å². The molecule has 0 spiro atoms. The first-order chi connectivity index (χ1) is 9.20. The van der Waals surface area contributed by atoms with Gasteiger partial charge < -0.3 is 16.0 Å². The van der Waals surface area contributed by atoms with Crippen LogP contribution in [0.1, 0.15) is 23.2 Å². The Kier molecular flexibility index (Phi) is 4.52. The number of carbonyl (C=O) groups is 2. The zero-order valence-corrected chi connectivity index (χ0v) is 11.0. The van der Waals surface area contributed by atoms with E-state index in [1.807, 2.05) is 0 Å². The third-order valence-electron chi connectivity index (χ3n) is 3.31. The van der Waals surface area contributed by atoms with Crippen molar-refractivity contribution in [1.29, 1.82) is 0 Å². The molecule has 1 aliphatic heterocycles. The highest BCUT2D eigenvalue weighted by Gasteiger charge is 2.20. The fourth-order valence-corrected chi connectivity index (χ4v) is 2.17. The maximum Gasteiger partial charge on any atom is 0.251 e. The molecule has 1 aromatic carbocycles. The molecule has 0 aromatic heterocycles. The van der Waals surface area contributed by atoms with E-state index in [4.69, 9.17) is 0 Å². The summed E-state index contributed by atoms with van der Waals surface area (Å²) in [7, 11) is 1.59. The highest BCUT2D eigenvalue weighted by Crippen LogP contribution is 2.15. The average molecular weight is 261 g/mol. The molecule has 1 saturated heterocycles. The number of anilines is 1. The van der Waals surface area contributed by atoms with Gasteiger partial charge in [0.2, 0.25) is 5.91 Å². The van der Waals surface area contributed by atoms with Gasteiger partial charge in [0.25, 0.3) is 5.91 Å². The Morgan fingerprint density at radius 3 is 2.58 bits per heavy atom. The van der Waals surface area contributed by atoms with Crippen LogP contribution >= 0.6 is 0 Å². The van der Waals surface area contributed by atoms with Crippen LogP contribution in [-0.2, 0) is 4.79 Å². The fraction of sp³-hybridized carbons (Fsp3) is 0.429. The van der Waals surface area contributed by atoms with Crippen molar-refractivity contribution in [2.75, 3.05) is 25.5 Å². The number of carbonyl (C=O) groups excluding carboxylic acids is 2. The molecule has 19 heavy (non-hydrogen) atoms. The molecule has 2 amide bonds. The summed E-state index contributed by atoms with van der Waals surface area (Å²) in [5.41, 5.74) is 1.31. The number of benzene rings is 1. The lowest BCUT2D eigenvalue weighted by Gasteiger charge is -2.21. The van der Waals surface area contributed by atoms with E-state index in [-0.39, 0.29) is 17.7 Å². The van der Waals surface area contributed by atoms with E-state index in [9.17, 15) is 9.59 Å². The fourth-order valence-electron chi connectivity index (χ4n) is 2.17. The van der Waals surface area contributed by atoms with E-state index >= 15 is 0 Å². The van der Waals surface area contributed by atoms with Gasteiger partial charge in [0.05, 0.1) is 5.92 Å². The van der Waals surface area contributed by atoms with E-state index < -0.39 is 0 Å². The predicted octanol–water partition coefficient (Wildman–Crippen LogP) is 0.984. The average Bonchev–Trinajstić information content (AvgIpc) is 2.48. The summed E-state index contributed by atoms with van der Waals surface area (Å²) < 4.78 is 0. The van der Waals surface area contributed by atoms with Gasteiger partial charge >= 0.3 is 0 Å². The Hall–Kier alpha value is -1.88. The van der Waals surface area contributed by atoms with Crippen LogP contribution in [0.25, 0.3) is 0 Å². The molecular formula is C14H19N3O2. The first kappa shape index (κ1) is 13.5. The summed E-state index contributed by atoms with van der Waals surface area (Å²) in [5.74, 6) is -0.0541. The molecule has 0 saturated carbocycles. The van der Waals surface area contributed by atoms with Crippen molar-refractivity contribution in [1.82, 2.24) is 10.6 Å². The second-order valence-electron chi connectivity index (χ2n) is 4.69. The number of rotatable bonds is 3. The predicted molar refractivity (Wildman–Crippen MR) is 74.1 cm³/mol. The minimum atomic E-state index is -0.130. The molecule has 2 rings (SSSR count). The Balaban J connectivity index is 1.95. The summed E-state index contributed by atoms with van der Waals surface area (Å²) in [6.45, 7) is 1.73. The first-order valence-corrected chi connectivity index (χ1v) is 6.54. The van der Waals surface area contributed by atoms with Gasteiger partial charge in [-0.15, -0.1) is 0 Å². The van der Waals surface area contributed by atoms with E-state index in [0.717, 1.165) is 31.6 Å². The standard InChI is InChI=1S/C14H19N3O2/c1-15-13(18)10-4-6-12(7-5-10)17-14(19)11-3-2-8-16-9-11/h4-7,11,16H,2-3,8-9H2,1H3,(H,15,18)(H,17,19)/t11-/m1/s1. The molecule has 1 atom stereocenters. The lowest BCUT2D eigenvalue weighted by molar-refractivity contribution is -0.120. The highest BCUT2D eigenvalue weighted by atomic mass is 16.2. The summed E-state index contributed by atoms with van der Waals surface area (Å²) in [5, 5.41) is 8.66. The third kappa shape index (κ3) is 3.54. The van der Waals surface area contributed by atoms with E-state index in [1.165, 1.54) is 0 Å². The van der Waals surface area contributed by atoms with Crippen molar-refractivity contribution in [3.05, 3.63) is 29.8 Å². The molecule has 0 bridgehead atoms. The molecule has 1 aromatic rings. The zero-order chi connectivity index (χ0) is 13.7. The molecule has 3 N–H and O–H groups in total. The first-order valence-electron chi connectivity index (χ1n) is 6.54. The number of piperidine rings is 1. The molecule has 0 radical (unpaired) electrons. The summed E-state index contributed by atoms with van der Waals surface area (Å²) >= 11 is 0. The Morgan fingerprint density at radius 1 is 1.26 bits per heavy atom. The van der Waals surface area contributed by atoms with Crippen molar-refractivity contribution in [3.63, 3.8) is 0 Å². The van der Waals surface area contributed by atoms with Gasteiger partial charge in [0.15, 0.2) is 0 Å². The van der Waals surface area contributed by atoms with Crippen molar-refractivity contribution in [3.8, 4) is 0 Å². The summed E-state index contributed by atoms with van der Waals surface area (Å²) in [6, 6.07) is 6.90. The van der Waals surface area contributed by atoms with E-state index in [1.54, 1.807) is 31.3 Å². The lowest BCUT2D eigenvalue weighted by Crippen LogP contribution is -2.37. The monoisotopic (exact) mass is 261 g/mol. The van der Waals surface area contributed by atoms with Gasteiger partial charge in [-0.05, 0) is 43.7 Å². The molecule has 5 nitrogen and oxygen atoms in total. The second-order valence-corrected chi connectivity index (χ2v) is 4.69. The quantitative estimate of drug-likeness (QED) is 0.759. The van der Waals surface area contributed by atoms with Crippen LogP contribution in [0.2, 0.25) is 0 Å². The molecule has 0 aliphatic carbocycles. The summed E-state index contributed by atoms with van der Waals surface area (Å²) in [4.78, 5) is 23.4. The zero-order valence-electron chi connectivity index (χ0n) is 11.0. The van der Waals surface area contributed by atoms with Crippen molar-refractivity contribution >= 4 is 17.5 Å². The number of hydrogen-bond acceptors (Lipinski definition) is 3. The molecule has 1 aliphatic rings. The highest BCUT2D eigenvalue weighted by molar-refractivity contribution is 5.96. The normalized spacial score (nSPS) is 18.7. The van der Waals surface area contributed by atoms with Gasteiger partial charge in [0, 0.05) is 24.8 Å². The second kappa shape index (κ2) is 6.33. The topological polar surface area (TPSA) is 70.2 Å². The molecule has 1 heterocycles. The van der Waals surface area contributed by atoms with E-state index in [2.05, 4.69) is 16.0 Å². The molecule has 1 fully saturated rings. The van der Waals surface area contributed by atoms with Gasteiger partial charge in [-0.2, -0.15) is 0 Å². The van der Waals surface area contributed by atoms with Crippen LogP contribution in [0.5, 0.6) is 0 Å². The molecular weight excluding hydrogens is 242 g/mol. The largest absolute Gasteiger partial charge is 0.355 e. The van der Waals surface area contributed by atoms with Gasteiger partial charge in [-0.3, -0.25) is 9.59 Å². The number of hydrogen-bond donors (Lipinski definition) is 3. The minimum absolute atomic E-state index is 0.0346. The van der Waals surface area contributed by atoms with Gasteiger partial charge in [-0.25, -0.2) is 0 Å². The third-order valence-corrected chi connectivity index (χ3v) is 3.31. The van der Waals surface area contributed by atoms with Crippen molar-refractivity contribution < 1.29 is 9.59 Å². The van der Waals surface area contributed by atoms with Crippen LogP contribution in [0.15, 0.2) is 24.3 Å². The summed E-state index contributed by atoms with van der Waals surface area (Å²) in [6.07, 6.45) is 1.96. The Morgan fingerprint density at radius 2 is 2.00 bits per heavy atom. The van der Waals surface area contributed by atoms with E-state index in [0.29, 0.717) is 5.56 Å². The minimum Gasteiger partial charge on any atom is -0.355 e. The van der Waals surface area contributed by atoms with Crippen LogP contribution in [0.4, 0.5) is 5.69 Å². The Labute approximate surface area is 112 Å². The molecule has 102 valence electrons. The van der Waals surface area contributed by atoms with Gasteiger partial charge in [-0.1, -0.05) is 0 Å².